The van der Waals surface area contributed by atoms with Gasteiger partial charge >= 0.3 is 0 Å². The van der Waals surface area contributed by atoms with Crippen molar-refractivity contribution in [2.24, 2.45) is 5.92 Å². The average Bonchev–Trinajstić information content (AvgIpc) is 3.26. The first kappa shape index (κ1) is 22.2. The standard InChI is InChI=1S/C21H21ClN4O5/c1-3-13(2)19(23-18(27)12-30-17-10-6-15(22)7-11-17)21-24-20(25-31-21)14-4-8-16(9-5-14)26(28)29/h4-11,13,19H,3,12H2,1-2H3,(H,23,27)/t13-,19+/m1/s1. The lowest BCUT2D eigenvalue weighted by Crippen LogP contribution is -2.36. The van der Waals surface area contributed by atoms with Crippen molar-refractivity contribution in [1.29, 1.82) is 0 Å². The molecule has 2 atom stereocenters. The number of carbonyl (C=O) groups is 1. The van der Waals surface area contributed by atoms with Crippen LogP contribution >= 0.6 is 11.6 Å². The lowest BCUT2D eigenvalue weighted by Gasteiger charge is -2.20. The van der Waals surface area contributed by atoms with Crippen LogP contribution < -0.4 is 10.1 Å². The normalized spacial score (nSPS) is 12.7. The van der Waals surface area contributed by atoms with Gasteiger partial charge in [-0.3, -0.25) is 14.9 Å². The molecule has 0 aliphatic heterocycles. The minimum absolute atomic E-state index is 0.0182. The van der Waals surface area contributed by atoms with E-state index in [4.69, 9.17) is 20.9 Å². The zero-order valence-corrected chi connectivity index (χ0v) is 17.7. The number of nitro groups is 1. The van der Waals surface area contributed by atoms with Crippen LogP contribution in [-0.4, -0.2) is 27.6 Å². The van der Waals surface area contributed by atoms with E-state index in [1.807, 2.05) is 13.8 Å². The third-order valence-electron chi connectivity index (χ3n) is 4.76. The molecule has 0 radical (unpaired) electrons. The molecule has 1 N–H and O–H groups in total. The van der Waals surface area contributed by atoms with E-state index in [0.29, 0.717) is 16.3 Å². The Labute approximate surface area is 183 Å². The lowest BCUT2D eigenvalue weighted by atomic mass is 9.99. The fourth-order valence-corrected chi connectivity index (χ4v) is 2.91. The molecule has 3 rings (SSSR count). The maximum absolute atomic E-state index is 12.4. The molecular weight excluding hydrogens is 424 g/mol. The largest absolute Gasteiger partial charge is 0.484 e. The molecule has 0 aliphatic carbocycles. The Morgan fingerprint density at radius 1 is 1.23 bits per heavy atom. The molecule has 0 bridgehead atoms. The number of aromatic nitrogens is 2. The van der Waals surface area contributed by atoms with Gasteiger partial charge in [0.1, 0.15) is 11.8 Å². The van der Waals surface area contributed by atoms with Gasteiger partial charge in [-0.1, -0.05) is 37.0 Å². The topological polar surface area (TPSA) is 120 Å². The number of nitrogens with one attached hydrogen (secondary N) is 1. The Bertz CT molecular complexity index is 1040. The Hall–Kier alpha value is -3.46. The molecule has 1 amide bonds. The number of non-ortho nitro benzene ring substituents is 1. The number of nitro benzene ring substituents is 1. The van der Waals surface area contributed by atoms with Crippen molar-refractivity contribution in [1.82, 2.24) is 15.5 Å². The quantitative estimate of drug-likeness (QED) is 0.378. The van der Waals surface area contributed by atoms with Gasteiger partial charge in [-0.05, 0) is 42.3 Å². The molecule has 0 aliphatic rings. The van der Waals surface area contributed by atoms with Crippen molar-refractivity contribution in [3.05, 3.63) is 69.6 Å². The number of hydrogen-bond donors (Lipinski definition) is 1. The van der Waals surface area contributed by atoms with Crippen LogP contribution in [0.4, 0.5) is 5.69 Å². The third-order valence-corrected chi connectivity index (χ3v) is 5.01. The molecule has 0 fully saturated rings. The van der Waals surface area contributed by atoms with Gasteiger partial charge in [-0.2, -0.15) is 4.98 Å². The second kappa shape index (κ2) is 10.0. The molecule has 31 heavy (non-hydrogen) atoms. The van der Waals surface area contributed by atoms with Crippen LogP contribution in [0.15, 0.2) is 53.1 Å². The predicted octanol–water partition coefficient (Wildman–Crippen LogP) is 4.58. The number of nitrogens with zero attached hydrogens (tertiary/aromatic N) is 3. The lowest BCUT2D eigenvalue weighted by molar-refractivity contribution is -0.384. The van der Waals surface area contributed by atoms with E-state index in [0.717, 1.165) is 6.42 Å². The summed E-state index contributed by atoms with van der Waals surface area (Å²) in [6.07, 6.45) is 0.762. The Balaban J connectivity index is 1.69. The van der Waals surface area contributed by atoms with Crippen LogP contribution in [0.5, 0.6) is 5.75 Å². The minimum atomic E-state index is -0.509. The van der Waals surface area contributed by atoms with Crippen molar-refractivity contribution in [2.75, 3.05) is 6.61 Å². The van der Waals surface area contributed by atoms with Crippen molar-refractivity contribution < 1.29 is 19.0 Å². The maximum atomic E-state index is 12.4. The highest BCUT2D eigenvalue weighted by molar-refractivity contribution is 6.30. The first-order valence-electron chi connectivity index (χ1n) is 9.63. The summed E-state index contributed by atoms with van der Waals surface area (Å²) in [6, 6.07) is 12.0. The van der Waals surface area contributed by atoms with Gasteiger partial charge in [0.25, 0.3) is 11.6 Å². The van der Waals surface area contributed by atoms with Gasteiger partial charge < -0.3 is 14.6 Å². The zero-order chi connectivity index (χ0) is 22.4. The van der Waals surface area contributed by atoms with Crippen LogP contribution in [0.2, 0.25) is 5.02 Å². The molecule has 162 valence electrons. The second-order valence-corrected chi connectivity index (χ2v) is 7.37. The van der Waals surface area contributed by atoms with Crippen molar-refractivity contribution >= 4 is 23.2 Å². The molecule has 0 unspecified atom stereocenters. The summed E-state index contributed by atoms with van der Waals surface area (Å²) >= 11 is 5.84. The average molecular weight is 445 g/mol. The second-order valence-electron chi connectivity index (χ2n) is 6.93. The maximum Gasteiger partial charge on any atom is 0.269 e. The summed E-state index contributed by atoms with van der Waals surface area (Å²) in [5, 5.41) is 18.2. The molecule has 9 nitrogen and oxygen atoms in total. The number of ether oxygens (including phenoxy) is 1. The molecule has 3 aromatic rings. The number of halogens is 1. The van der Waals surface area contributed by atoms with Gasteiger partial charge in [0.05, 0.1) is 4.92 Å². The Morgan fingerprint density at radius 3 is 2.52 bits per heavy atom. The highest BCUT2D eigenvalue weighted by Crippen LogP contribution is 2.26. The summed E-state index contributed by atoms with van der Waals surface area (Å²) in [6.45, 7) is 3.76. The van der Waals surface area contributed by atoms with E-state index in [1.54, 1.807) is 36.4 Å². The summed E-state index contributed by atoms with van der Waals surface area (Å²) < 4.78 is 10.9. The van der Waals surface area contributed by atoms with Crippen LogP contribution in [-0.2, 0) is 4.79 Å². The Morgan fingerprint density at radius 2 is 1.90 bits per heavy atom. The zero-order valence-electron chi connectivity index (χ0n) is 16.9. The molecule has 10 heteroatoms. The predicted molar refractivity (Wildman–Crippen MR) is 114 cm³/mol. The van der Waals surface area contributed by atoms with Crippen LogP contribution in [0.1, 0.15) is 32.2 Å². The SMILES string of the molecule is CC[C@@H](C)[C@H](NC(=O)COc1ccc(Cl)cc1)c1nc(-c2ccc([N+](=O)[O-])cc2)no1. The van der Waals surface area contributed by atoms with Gasteiger partial charge in [0, 0.05) is 22.7 Å². The summed E-state index contributed by atoms with van der Waals surface area (Å²) in [5.74, 6) is 0.741. The number of benzene rings is 2. The number of hydrogen-bond acceptors (Lipinski definition) is 7. The van der Waals surface area contributed by atoms with Crippen LogP contribution in [0, 0.1) is 16.0 Å². The summed E-state index contributed by atoms with van der Waals surface area (Å²) in [5.41, 5.74) is 0.541. The van der Waals surface area contributed by atoms with Gasteiger partial charge in [-0.15, -0.1) is 0 Å². The highest BCUT2D eigenvalue weighted by atomic mass is 35.5. The molecular formula is C21H21ClN4O5. The molecule has 2 aromatic carbocycles. The number of carbonyl (C=O) groups excluding carboxylic acids is 1. The van der Waals surface area contributed by atoms with Gasteiger partial charge in [-0.25, -0.2) is 0 Å². The molecule has 0 saturated carbocycles. The number of amides is 1. The van der Waals surface area contributed by atoms with E-state index < -0.39 is 11.0 Å². The summed E-state index contributed by atoms with van der Waals surface area (Å²) in [4.78, 5) is 27.2. The van der Waals surface area contributed by atoms with Crippen LogP contribution in [0.25, 0.3) is 11.4 Å². The molecule has 0 spiro atoms. The third kappa shape index (κ3) is 5.79. The smallest absolute Gasteiger partial charge is 0.269 e. The van der Waals surface area contributed by atoms with E-state index >= 15 is 0 Å². The van der Waals surface area contributed by atoms with E-state index in [-0.39, 0.29) is 35.8 Å². The minimum Gasteiger partial charge on any atom is -0.484 e. The molecule has 1 heterocycles. The molecule has 0 saturated heterocycles. The highest BCUT2D eigenvalue weighted by Gasteiger charge is 2.26. The van der Waals surface area contributed by atoms with Crippen LogP contribution in [0.3, 0.4) is 0 Å². The van der Waals surface area contributed by atoms with Crippen molar-refractivity contribution in [2.45, 2.75) is 26.3 Å². The molecule has 1 aromatic heterocycles. The van der Waals surface area contributed by atoms with E-state index in [1.165, 1.54) is 12.1 Å². The van der Waals surface area contributed by atoms with Crippen molar-refractivity contribution in [3.8, 4) is 17.1 Å². The van der Waals surface area contributed by atoms with E-state index in [2.05, 4.69) is 15.5 Å². The van der Waals surface area contributed by atoms with Crippen molar-refractivity contribution in [3.63, 3.8) is 0 Å². The monoisotopic (exact) mass is 444 g/mol. The van der Waals surface area contributed by atoms with E-state index in [9.17, 15) is 14.9 Å². The summed E-state index contributed by atoms with van der Waals surface area (Å²) in [7, 11) is 0. The van der Waals surface area contributed by atoms with Gasteiger partial charge in [0.2, 0.25) is 11.7 Å². The first-order valence-corrected chi connectivity index (χ1v) is 10.0. The van der Waals surface area contributed by atoms with Gasteiger partial charge in [0.15, 0.2) is 6.61 Å². The fraction of sp³-hybridized carbons (Fsp3) is 0.286. The Kier molecular flexibility index (Phi) is 7.19. The fourth-order valence-electron chi connectivity index (χ4n) is 2.79. The first-order chi connectivity index (χ1) is 14.9. The number of rotatable bonds is 9.